The van der Waals surface area contributed by atoms with Gasteiger partial charge in [0.2, 0.25) is 0 Å². The molecule has 0 aromatic carbocycles. The first-order valence-corrected chi connectivity index (χ1v) is 25.3. The first-order valence-electron chi connectivity index (χ1n) is 25.3. The summed E-state index contributed by atoms with van der Waals surface area (Å²) in [7, 11) is 0. The highest BCUT2D eigenvalue weighted by Gasteiger charge is 2.62. The van der Waals surface area contributed by atoms with Crippen LogP contribution in [0.3, 0.4) is 0 Å². The molecule has 18 atom stereocenters. The fourth-order valence-corrected chi connectivity index (χ4v) is 18.4. The van der Waals surface area contributed by atoms with E-state index < -0.39 is 11.9 Å². The van der Waals surface area contributed by atoms with E-state index in [4.69, 9.17) is 9.47 Å². The third-order valence-electron chi connectivity index (χ3n) is 21.5. The highest BCUT2D eigenvalue weighted by atomic mass is 16.6. The van der Waals surface area contributed by atoms with E-state index in [1.807, 2.05) is 0 Å². The summed E-state index contributed by atoms with van der Waals surface area (Å²) in [5.41, 5.74) is 1.25. The van der Waals surface area contributed by atoms with Gasteiger partial charge in [-0.1, -0.05) is 41.5 Å². The molecule has 0 amide bonds. The monoisotopic (exact) mass is 835 g/mol. The predicted octanol–water partition coefficient (Wildman–Crippen LogP) is 11.9. The van der Waals surface area contributed by atoms with Gasteiger partial charge in [0, 0.05) is 12.8 Å². The van der Waals surface area contributed by atoms with E-state index in [9.17, 15) is 29.4 Å². The quantitative estimate of drug-likeness (QED) is 0.176. The highest BCUT2D eigenvalue weighted by Crippen LogP contribution is 2.70. The van der Waals surface area contributed by atoms with Gasteiger partial charge in [0.05, 0.1) is 12.8 Å². The molecule has 8 aliphatic rings. The molecule has 0 spiro atoms. The van der Waals surface area contributed by atoms with Crippen LogP contribution in [0.25, 0.3) is 0 Å². The Kier molecular flexibility index (Phi) is 12.7. The summed E-state index contributed by atoms with van der Waals surface area (Å²) in [6.07, 6.45) is 23.3. The first kappa shape index (κ1) is 44.5. The lowest BCUT2D eigenvalue weighted by Crippen LogP contribution is -2.54. The van der Waals surface area contributed by atoms with Crippen LogP contribution in [0.4, 0.5) is 0 Å². The number of aliphatic carboxylic acids is 2. The van der Waals surface area contributed by atoms with Crippen molar-refractivity contribution >= 4 is 23.9 Å². The van der Waals surface area contributed by atoms with Crippen molar-refractivity contribution < 1.29 is 38.9 Å². The molecule has 2 N–H and O–H groups in total. The van der Waals surface area contributed by atoms with Crippen LogP contribution in [0.2, 0.25) is 0 Å². The molecule has 8 aliphatic carbocycles. The molecule has 0 aliphatic heterocycles. The molecule has 0 aromatic heterocycles. The van der Waals surface area contributed by atoms with Crippen molar-refractivity contribution in [2.24, 2.45) is 92.7 Å². The summed E-state index contributed by atoms with van der Waals surface area (Å²) in [5, 5.41) is 18.6. The second-order valence-corrected chi connectivity index (χ2v) is 23.9. The number of carboxylic acids is 2. The minimum Gasteiger partial charge on any atom is -0.481 e. The number of hydrogen-bond donors (Lipinski definition) is 2. The summed E-state index contributed by atoms with van der Waals surface area (Å²) in [4.78, 5) is 49.1. The van der Waals surface area contributed by atoms with Crippen LogP contribution in [-0.2, 0) is 28.7 Å². The Balaban J connectivity index is 0.773. The Morgan fingerprint density at radius 1 is 0.483 bits per heavy atom. The van der Waals surface area contributed by atoms with Crippen LogP contribution < -0.4 is 0 Å². The molecule has 8 fully saturated rings. The molecule has 0 bridgehead atoms. The topological polar surface area (TPSA) is 127 Å². The van der Waals surface area contributed by atoms with Gasteiger partial charge in [0.15, 0.2) is 0 Å². The van der Waals surface area contributed by atoms with E-state index in [0.29, 0.717) is 57.2 Å². The van der Waals surface area contributed by atoms with Gasteiger partial charge in [-0.25, -0.2) is 0 Å². The van der Waals surface area contributed by atoms with E-state index in [0.717, 1.165) is 86.9 Å². The van der Waals surface area contributed by atoms with Crippen molar-refractivity contribution in [3.63, 3.8) is 0 Å². The zero-order valence-electron chi connectivity index (χ0n) is 38.4. The Hall–Kier alpha value is -2.12. The lowest BCUT2D eigenvalue weighted by Gasteiger charge is -2.61. The molecule has 8 saturated carbocycles. The summed E-state index contributed by atoms with van der Waals surface area (Å²) in [6, 6.07) is 0. The second kappa shape index (κ2) is 17.1. The average molecular weight is 835 g/mol. The highest BCUT2D eigenvalue weighted by molar-refractivity contribution is 5.77. The van der Waals surface area contributed by atoms with Crippen LogP contribution in [0.1, 0.15) is 196 Å². The van der Waals surface area contributed by atoms with Crippen molar-refractivity contribution in [3.8, 4) is 0 Å². The minimum absolute atomic E-state index is 0.0535. The van der Waals surface area contributed by atoms with Gasteiger partial charge >= 0.3 is 23.9 Å². The number of esters is 2. The summed E-state index contributed by atoms with van der Waals surface area (Å²) < 4.78 is 12.3. The smallest absolute Gasteiger partial charge is 0.306 e. The number of fused-ring (bicyclic) bond motifs is 10. The number of hydrogen-bond acceptors (Lipinski definition) is 6. The number of ether oxygens (including phenoxy) is 2. The fraction of sp³-hybridized carbons (Fsp3) is 0.923. The zero-order valence-corrected chi connectivity index (χ0v) is 38.4. The first-order chi connectivity index (χ1) is 28.5. The molecule has 8 nitrogen and oxygen atoms in total. The van der Waals surface area contributed by atoms with Crippen molar-refractivity contribution in [1.29, 1.82) is 0 Å². The largest absolute Gasteiger partial charge is 0.481 e. The maximum absolute atomic E-state index is 13.2. The summed E-state index contributed by atoms with van der Waals surface area (Å²) >= 11 is 0. The minimum atomic E-state index is -0.671. The molecule has 8 rings (SSSR count). The van der Waals surface area contributed by atoms with Gasteiger partial charge in [0.25, 0.3) is 0 Å². The molecule has 338 valence electrons. The average Bonchev–Trinajstić information content (AvgIpc) is 3.75. The Bertz CT molecular complexity index is 1490. The Morgan fingerprint density at radius 2 is 0.850 bits per heavy atom. The Labute approximate surface area is 362 Å². The van der Waals surface area contributed by atoms with E-state index in [1.54, 1.807) is 0 Å². The summed E-state index contributed by atoms with van der Waals surface area (Å²) in [6.45, 7) is 14.8. The van der Waals surface area contributed by atoms with Gasteiger partial charge in [0.1, 0.15) is 12.2 Å². The van der Waals surface area contributed by atoms with Crippen LogP contribution in [-0.4, -0.2) is 46.3 Å². The van der Waals surface area contributed by atoms with Crippen molar-refractivity contribution in [2.75, 3.05) is 0 Å². The van der Waals surface area contributed by atoms with E-state index >= 15 is 0 Å². The number of rotatable bonds is 13. The lowest BCUT2D eigenvalue weighted by atomic mass is 9.44. The second-order valence-electron chi connectivity index (χ2n) is 23.9. The summed E-state index contributed by atoms with van der Waals surface area (Å²) in [5.74, 6) is 5.98. The molecule has 14 unspecified atom stereocenters. The van der Waals surface area contributed by atoms with Crippen molar-refractivity contribution in [2.45, 2.75) is 208 Å². The van der Waals surface area contributed by atoms with Gasteiger partial charge in [-0.2, -0.15) is 0 Å². The molecular weight excluding hydrogens is 753 g/mol. The third-order valence-corrected chi connectivity index (χ3v) is 21.5. The van der Waals surface area contributed by atoms with Crippen LogP contribution in [0.5, 0.6) is 0 Å². The van der Waals surface area contributed by atoms with Crippen molar-refractivity contribution in [3.05, 3.63) is 0 Å². The standard InChI is InChI=1S/C52H82O8/c1-31(7-17-45(53)54)39-13-15-41-37-11-9-33-29-35(21-25-49(33,3)43(37)23-27-51(39,41)5)59-47(57)19-20-48(58)60-36-22-26-50(4)34(30-36)10-12-38-42-16-14-40(32(2)8-18-46(55)56)52(42,6)28-24-44(38)50/h31-44H,7-30H2,1-6H3,(H,53,54)(H,55,56)/t31?,32?,33?,34?,35?,36?,37?,38?,39?,40?,41?,42?,43?,44?,49-,50+,51+,52-. The van der Waals surface area contributed by atoms with E-state index in [1.165, 1.54) is 77.0 Å². The van der Waals surface area contributed by atoms with Crippen LogP contribution in [0, 0.1) is 92.7 Å². The number of carboxylic acid groups (broad SMARTS) is 2. The maximum atomic E-state index is 13.2. The van der Waals surface area contributed by atoms with Gasteiger partial charge in [-0.05, 0) is 221 Å². The van der Waals surface area contributed by atoms with Crippen molar-refractivity contribution in [1.82, 2.24) is 0 Å². The molecule has 8 heteroatoms. The van der Waals surface area contributed by atoms with E-state index in [2.05, 4.69) is 41.5 Å². The number of carbonyl (C=O) groups is 4. The predicted molar refractivity (Wildman–Crippen MR) is 231 cm³/mol. The molecule has 0 aromatic rings. The molecular formula is C52H82O8. The SMILES string of the molecule is CC(CCC(=O)O)C1CCC2C3CCC4CC(OC(=O)CCC(=O)OC5CC[C@@]6(C)C(CCC7C8CCC(C(C)CCC(=O)O)[C@@]8(C)CCC76)C5)CC[C@@]4(C)C3CC[C@@]12C. The van der Waals surface area contributed by atoms with Crippen LogP contribution in [0.15, 0.2) is 0 Å². The van der Waals surface area contributed by atoms with Gasteiger partial charge in [-0.3, -0.25) is 19.2 Å². The molecule has 0 heterocycles. The molecule has 0 radical (unpaired) electrons. The molecule has 60 heavy (non-hydrogen) atoms. The normalized spacial score (nSPS) is 46.6. The van der Waals surface area contributed by atoms with Gasteiger partial charge < -0.3 is 19.7 Å². The van der Waals surface area contributed by atoms with Gasteiger partial charge in [-0.15, -0.1) is 0 Å². The van der Waals surface area contributed by atoms with Crippen LogP contribution >= 0.6 is 0 Å². The maximum Gasteiger partial charge on any atom is 0.306 e. The third kappa shape index (κ3) is 8.02. The number of carbonyl (C=O) groups excluding carboxylic acids is 2. The lowest BCUT2D eigenvalue weighted by molar-refractivity contribution is -0.168. The zero-order chi connectivity index (χ0) is 42.8. The Morgan fingerprint density at radius 3 is 1.23 bits per heavy atom. The van der Waals surface area contributed by atoms with E-state index in [-0.39, 0.29) is 49.8 Å². The molecule has 0 saturated heterocycles. The fourth-order valence-electron chi connectivity index (χ4n) is 18.4.